The summed E-state index contributed by atoms with van der Waals surface area (Å²) < 4.78 is 0.687. The van der Waals surface area contributed by atoms with Crippen LogP contribution in [0.4, 0.5) is 5.69 Å². The van der Waals surface area contributed by atoms with Gasteiger partial charge in [0.15, 0.2) is 0 Å². The number of benzene rings is 1. The van der Waals surface area contributed by atoms with Gasteiger partial charge in [-0.15, -0.1) is 0 Å². The standard InChI is InChI=1S/C17H14BrN3O/c1-10-9-19-16(18)8-15(10)21-17(22)13-5-6-14-12(7-13)4-3-11(2)20-14/h3-9H,1-2H3,(H,19,21,22). The van der Waals surface area contributed by atoms with Crippen molar-refractivity contribution in [1.82, 2.24) is 9.97 Å². The molecule has 2 aromatic heterocycles. The van der Waals surface area contributed by atoms with Crippen LogP contribution >= 0.6 is 15.9 Å². The van der Waals surface area contributed by atoms with Crippen molar-refractivity contribution >= 4 is 38.4 Å². The first-order valence-electron chi connectivity index (χ1n) is 6.84. The fourth-order valence-electron chi connectivity index (χ4n) is 2.20. The van der Waals surface area contributed by atoms with E-state index in [1.807, 2.05) is 38.1 Å². The first-order valence-corrected chi connectivity index (χ1v) is 7.63. The lowest BCUT2D eigenvalue weighted by Crippen LogP contribution is -2.13. The van der Waals surface area contributed by atoms with Gasteiger partial charge in [0.1, 0.15) is 4.60 Å². The van der Waals surface area contributed by atoms with Crippen molar-refractivity contribution in [2.75, 3.05) is 5.32 Å². The third-order valence-corrected chi connectivity index (χ3v) is 3.84. The minimum atomic E-state index is -0.149. The molecule has 110 valence electrons. The van der Waals surface area contributed by atoms with Crippen molar-refractivity contribution in [2.45, 2.75) is 13.8 Å². The second-order valence-corrected chi connectivity index (χ2v) is 5.95. The zero-order valence-electron chi connectivity index (χ0n) is 12.2. The van der Waals surface area contributed by atoms with Gasteiger partial charge < -0.3 is 5.32 Å². The van der Waals surface area contributed by atoms with Gasteiger partial charge in [0.25, 0.3) is 5.91 Å². The van der Waals surface area contributed by atoms with Crippen molar-refractivity contribution in [1.29, 1.82) is 0 Å². The van der Waals surface area contributed by atoms with Gasteiger partial charge in [-0.1, -0.05) is 6.07 Å². The van der Waals surface area contributed by atoms with Crippen molar-refractivity contribution in [3.63, 3.8) is 0 Å². The average molecular weight is 356 g/mol. The van der Waals surface area contributed by atoms with E-state index in [1.54, 1.807) is 18.3 Å². The lowest BCUT2D eigenvalue weighted by molar-refractivity contribution is 0.102. The van der Waals surface area contributed by atoms with Gasteiger partial charge in [-0.3, -0.25) is 9.78 Å². The van der Waals surface area contributed by atoms with Crippen LogP contribution in [0.15, 0.2) is 47.2 Å². The zero-order valence-corrected chi connectivity index (χ0v) is 13.8. The number of anilines is 1. The highest BCUT2D eigenvalue weighted by molar-refractivity contribution is 9.10. The molecule has 0 spiro atoms. The van der Waals surface area contributed by atoms with E-state index >= 15 is 0 Å². The molecule has 5 heteroatoms. The Hall–Kier alpha value is -2.27. The molecule has 3 rings (SSSR count). The topological polar surface area (TPSA) is 54.9 Å². The van der Waals surface area contributed by atoms with Crippen LogP contribution in [0.2, 0.25) is 0 Å². The number of fused-ring (bicyclic) bond motifs is 1. The summed E-state index contributed by atoms with van der Waals surface area (Å²) in [6.07, 6.45) is 1.72. The van der Waals surface area contributed by atoms with Crippen LogP contribution in [0.1, 0.15) is 21.6 Å². The summed E-state index contributed by atoms with van der Waals surface area (Å²) in [5, 5.41) is 3.86. The summed E-state index contributed by atoms with van der Waals surface area (Å²) in [4.78, 5) is 21.0. The highest BCUT2D eigenvalue weighted by Crippen LogP contribution is 2.20. The molecule has 0 atom stereocenters. The number of nitrogens with zero attached hydrogens (tertiary/aromatic N) is 2. The molecular weight excluding hydrogens is 342 g/mol. The van der Waals surface area contributed by atoms with E-state index in [2.05, 4.69) is 31.2 Å². The van der Waals surface area contributed by atoms with Gasteiger partial charge in [-0.2, -0.15) is 0 Å². The third-order valence-electron chi connectivity index (χ3n) is 3.41. The van der Waals surface area contributed by atoms with E-state index in [0.29, 0.717) is 10.2 Å². The lowest BCUT2D eigenvalue weighted by atomic mass is 10.1. The second kappa shape index (κ2) is 5.85. The number of aromatic nitrogens is 2. The average Bonchev–Trinajstić information content (AvgIpc) is 2.50. The number of halogens is 1. The maximum Gasteiger partial charge on any atom is 0.255 e. The number of carbonyl (C=O) groups excluding carboxylic acids is 1. The van der Waals surface area contributed by atoms with E-state index in [0.717, 1.165) is 27.8 Å². The Kier molecular flexibility index (Phi) is 3.90. The van der Waals surface area contributed by atoms with E-state index in [1.165, 1.54) is 0 Å². The molecule has 0 aliphatic heterocycles. The van der Waals surface area contributed by atoms with Crippen LogP contribution in [0.3, 0.4) is 0 Å². The molecular formula is C17H14BrN3O. The molecule has 0 unspecified atom stereocenters. The highest BCUT2D eigenvalue weighted by atomic mass is 79.9. The molecule has 0 bridgehead atoms. The number of hydrogen-bond acceptors (Lipinski definition) is 3. The van der Waals surface area contributed by atoms with Gasteiger partial charge in [0.2, 0.25) is 0 Å². The van der Waals surface area contributed by atoms with Crippen molar-refractivity contribution < 1.29 is 4.79 Å². The van der Waals surface area contributed by atoms with Crippen LogP contribution in [0.5, 0.6) is 0 Å². The molecule has 1 aromatic carbocycles. The van der Waals surface area contributed by atoms with Crippen LogP contribution in [0, 0.1) is 13.8 Å². The quantitative estimate of drug-likeness (QED) is 0.698. The molecule has 0 saturated heterocycles. The first-order chi connectivity index (χ1) is 10.5. The van der Waals surface area contributed by atoms with Crippen molar-refractivity contribution in [3.8, 4) is 0 Å². The molecule has 4 nitrogen and oxygen atoms in total. The summed E-state index contributed by atoms with van der Waals surface area (Å²) in [5.74, 6) is -0.149. The summed E-state index contributed by atoms with van der Waals surface area (Å²) in [6, 6.07) is 11.2. The fourth-order valence-corrected chi connectivity index (χ4v) is 2.53. The SMILES string of the molecule is Cc1ccc2cc(C(=O)Nc3cc(Br)ncc3C)ccc2n1. The number of nitrogens with one attached hydrogen (secondary N) is 1. The first kappa shape index (κ1) is 14.7. The number of hydrogen-bond donors (Lipinski definition) is 1. The van der Waals surface area contributed by atoms with Crippen LogP contribution in [-0.2, 0) is 0 Å². The second-order valence-electron chi connectivity index (χ2n) is 5.14. The predicted molar refractivity (Wildman–Crippen MR) is 91.1 cm³/mol. The highest BCUT2D eigenvalue weighted by Gasteiger charge is 2.09. The van der Waals surface area contributed by atoms with Gasteiger partial charge in [0, 0.05) is 28.5 Å². The molecule has 0 aliphatic rings. The van der Waals surface area contributed by atoms with Gasteiger partial charge >= 0.3 is 0 Å². The third kappa shape index (κ3) is 2.99. The number of rotatable bonds is 2. The molecule has 2 heterocycles. The van der Waals surface area contributed by atoms with Gasteiger partial charge in [-0.25, -0.2) is 4.98 Å². The minimum Gasteiger partial charge on any atom is -0.322 e. The number of carbonyl (C=O) groups is 1. The maximum atomic E-state index is 12.4. The van der Waals surface area contributed by atoms with Crippen LogP contribution in [0.25, 0.3) is 10.9 Å². The van der Waals surface area contributed by atoms with Gasteiger partial charge in [0.05, 0.1) is 5.52 Å². The molecule has 0 radical (unpaired) electrons. The minimum absolute atomic E-state index is 0.149. The Morgan fingerprint density at radius 3 is 2.77 bits per heavy atom. The molecule has 22 heavy (non-hydrogen) atoms. The number of aryl methyl sites for hydroxylation is 2. The monoisotopic (exact) mass is 355 g/mol. The number of pyridine rings is 2. The van der Waals surface area contributed by atoms with Crippen LogP contribution in [-0.4, -0.2) is 15.9 Å². The van der Waals surface area contributed by atoms with E-state index in [9.17, 15) is 4.79 Å². The lowest BCUT2D eigenvalue weighted by Gasteiger charge is -2.09. The van der Waals surface area contributed by atoms with Crippen LogP contribution < -0.4 is 5.32 Å². The molecule has 0 aliphatic carbocycles. The smallest absolute Gasteiger partial charge is 0.255 e. The Morgan fingerprint density at radius 2 is 1.95 bits per heavy atom. The fraction of sp³-hybridized carbons (Fsp3) is 0.118. The summed E-state index contributed by atoms with van der Waals surface area (Å²) in [6.45, 7) is 3.85. The largest absolute Gasteiger partial charge is 0.322 e. The van der Waals surface area contributed by atoms with E-state index in [4.69, 9.17) is 0 Å². The van der Waals surface area contributed by atoms with E-state index < -0.39 is 0 Å². The maximum absolute atomic E-state index is 12.4. The number of amides is 1. The normalized spacial score (nSPS) is 10.7. The van der Waals surface area contributed by atoms with Gasteiger partial charge in [-0.05, 0) is 65.7 Å². The molecule has 1 amide bonds. The zero-order chi connectivity index (χ0) is 15.7. The van der Waals surface area contributed by atoms with Crippen molar-refractivity contribution in [2.24, 2.45) is 0 Å². The summed E-state index contributed by atoms with van der Waals surface area (Å²) >= 11 is 3.31. The van der Waals surface area contributed by atoms with E-state index in [-0.39, 0.29) is 5.91 Å². The summed E-state index contributed by atoms with van der Waals surface area (Å²) in [5.41, 5.74) is 4.11. The molecule has 1 N–H and O–H groups in total. The Balaban J connectivity index is 1.92. The summed E-state index contributed by atoms with van der Waals surface area (Å²) in [7, 11) is 0. The molecule has 3 aromatic rings. The van der Waals surface area contributed by atoms with Crippen molar-refractivity contribution in [3.05, 3.63) is 64.0 Å². The Labute approximate surface area is 136 Å². The molecule has 0 saturated carbocycles. The predicted octanol–water partition coefficient (Wildman–Crippen LogP) is 4.26. The molecule has 0 fully saturated rings. The Bertz CT molecular complexity index is 877. The Morgan fingerprint density at radius 1 is 1.14 bits per heavy atom.